The molecule has 2 atom stereocenters. The molecule has 1 aliphatic rings. The number of aliphatic hydroxyl groups is 1. The van der Waals surface area contributed by atoms with Gasteiger partial charge in [0.2, 0.25) is 0 Å². The van der Waals surface area contributed by atoms with Gasteiger partial charge in [-0.1, -0.05) is 49.2 Å². The summed E-state index contributed by atoms with van der Waals surface area (Å²) in [6.07, 6.45) is 4.89. The summed E-state index contributed by atoms with van der Waals surface area (Å²) in [5, 5.41) is 10.2. The van der Waals surface area contributed by atoms with Gasteiger partial charge >= 0.3 is 0 Å². The minimum atomic E-state index is -0.728. The Balaban J connectivity index is 2.17. The van der Waals surface area contributed by atoms with Crippen molar-refractivity contribution in [3.05, 3.63) is 48.6 Å². The van der Waals surface area contributed by atoms with E-state index in [4.69, 9.17) is 0 Å². The minimum Gasteiger partial charge on any atom is -0.392 e. The van der Waals surface area contributed by atoms with Crippen molar-refractivity contribution >= 4 is 5.78 Å². The van der Waals surface area contributed by atoms with Crippen molar-refractivity contribution in [2.75, 3.05) is 0 Å². The van der Waals surface area contributed by atoms with Crippen LogP contribution in [-0.2, 0) is 11.2 Å². The van der Waals surface area contributed by atoms with Gasteiger partial charge in [0.05, 0.1) is 11.5 Å². The molecular formula is C16H20O2. The number of ketones is 1. The van der Waals surface area contributed by atoms with Gasteiger partial charge in [0, 0.05) is 6.42 Å². The molecule has 0 heterocycles. The topological polar surface area (TPSA) is 37.3 Å². The Labute approximate surface area is 108 Å². The largest absolute Gasteiger partial charge is 0.392 e. The van der Waals surface area contributed by atoms with Crippen molar-refractivity contribution in [1.82, 2.24) is 0 Å². The van der Waals surface area contributed by atoms with Crippen LogP contribution in [0, 0.1) is 5.41 Å². The van der Waals surface area contributed by atoms with Crippen molar-refractivity contribution in [2.45, 2.75) is 38.2 Å². The van der Waals surface area contributed by atoms with Gasteiger partial charge < -0.3 is 5.11 Å². The molecular weight excluding hydrogens is 224 g/mol. The number of carbonyl (C=O) groups excluding carboxylic acids is 1. The molecule has 0 radical (unpaired) electrons. The Morgan fingerprint density at radius 2 is 2.11 bits per heavy atom. The highest BCUT2D eigenvalue weighted by Gasteiger charge is 2.43. The molecule has 1 aliphatic carbocycles. The molecule has 2 heteroatoms. The SMILES string of the molecule is C=C[C@@]1(C(=O)Cc2ccccc2)CCCC[C@@H]1O. The van der Waals surface area contributed by atoms with Crippen LogP contribution >= 0.6 is 0 Å². The molecule has 0 bridgehead atoms. The number of hydrogen-bond acceptors (Lipinski definition) is 2. The van der Waals surface area contributed by atoms with Crippen LogP contribution in [0.3, 0.4) is 0 Å². The smallest absolute Gasteiger partial charge is 0.149 e. The number of carbonyl (C=O) groups is 1. The van der Waals surface area contributed by atoms with Crippen molar-refractivity contribution < 1.29 is 9.90 Å². The summed E-state index contributed by atoms with van der Waals surface area (Å²) in [5.41, 5.74) is 0.273. The van der Waals surface area contributed by atoms with Gasteiger partial charge in [-0.2, -0.15) is 0 Å². The first-order chi connectivity index (χ1) is 8.69. The minimum absolute atomic E-state index is 0.0934. The average Bonchev–Trinajstić information content (AvgIpc) is 2.40. The van der Waals surface area contributed by atoms with E-state index < -0.39 is 11.5 Å². The fourth-order valence-electron chi connectivity index (χ4n) is 2.80. The highest BCUT2D eigenvalue weighted by Crippen LogP contribution is 2.39. The summed E-state index contributed by atoms with van der Waals surface area (Å²) >= 11 is 0. The van der Waals surface area contributed by atoms with E-state index in [0.29, 0.717) is 12.8 Å². The lowest BCUT2D eigenvalue weighted by molar-refractivity contribution is -0.133. The second-order valence-corrected chi connectivity index (χ2v) is 5.09. The first-order valence-corrected chi connectivity index (χ1v) is 6.58. The molecule has 18 heavy (non-hydrogen) atoms. The molecule has 2 nitrogen and oxygen atoms in total. The predicted molar refractivity (Wildman–Crippen MR) is 72.3 cm³/mol. The normalized spacial score (nSPS) is 27.7. The van der Waals surface area contributed by atoms with Crippen LogP contribution in [0.2, 0.25) is 0 Å². The first kappa shape index (κ1) is 13.0. The highest BCUT2D eigenvalue weighted by molar-refractivity contribution is 5.89. The van der Waals surface area contributed by atoms with Gasteiger partial charge in [0.25, 0.3) is 0 Å². The molecule has 0 unspecified atom stereocenters. The third kappa shape index (κ3) is 2.39. The van der Waals surface area contributed by atoms with Crippen LogP contribution in [0.4, 0.5) is 0 Å². The van der Waals surface area contributed by atoms with Gasteiger partial charge in [-0.25, -0.2) is 0 Å². The molecule has 2 rings (SSSR count). The van der Waals surface area contributed by atoms with E-state index in [9.17, 15) is 9.90 Å². The number of Topliss-reactive ketones (excluding diaryl/α,β-unsaturated/α-hetero) is 1. The quantitative estimate of drug-likeness (QED) is 0.827. The van der Waals surface area contributed by atoms with E-state index in [0.717, 1.165) is 24.8 Å². The molecule has 0 aromatic heterocycles. The van der Waals surface area contributed by atoms with Gasteiger partial charge in [0.1, 0.15) is 5.78 Å². The Bertz CT molecular complexity index is 424. The van der Waals surface area contributed by atoms with Crippen LogP contribution < -0.4 is 0 Å². The summed E-state index contributed by atoms with van der Waals surface area (Å²) in [6, 6.07) is 9.70. The molecule has 1 saturated carbocycles. The zero-order chi connectivity index (χ0) is 13.0. The number of benzene rings is 1. The monoisotopic (exact) mass is 244 g/mol. The zero-order valence-electron chi connectivity index (χ0n) is 10.6. The van der Waals surface area contributed by atoms with Crippen LogP contribution in [0.5, 0.6) is 0 Å². The fraction of sp³-hybridized carbons (Fsp3) is 0.438. The van der Waals surface area contributed by atoms with Gasteiger partial charge in [-0.05, 0) is 18.4 Å². The van der Waals surface area contributed by atoms with E-state index in [-0.39, 0.29) is 5.78 Å². The first-order valence-electron chi connectivity index (χ1n) is 6.58. The standard InChI is InChI=1S/C16H20O2/c1-2-16(11-7-6-10-14(16)17)15(18)12-13-8-4-3-5-9-13/h2-5,8-9,14,17H,1,6-7,10-12H2/t14-,16+/m0/s1. The maximum Gasteiger partial charge on any atom is 0.149 e. The van der Waals surface area contributed by atoms with Gasteiger partial charge in [0.15, 0.2) is 0 Å². The van der Waals surface area contributed by atoms with Crippen LogP contribution in [0.15, 0.2) is 43.0 Å². The Kier molecular flexibility index (Phi) is 3.97. The van der Waals surface area contributed by atoms with Gasteiger partial charge in [-0.15, -0.1) is 6.58 Å². The summed E-state index contributed by atoms with van der Waals surface area (Å²) in [5.74, 6) is 0.0934. The van der Waals surface area contributed by atoms with Crippen molar-refractivity contribution in [1.29, 1.82) is 0 Å². The zero-order valence-corrected chi connectivity index (χ0v) is 10.6. The second-order valence-electron chi connectivity index (χ2n) is 5.09. The third-order valence-corrected chi connectivity index (χ3v) is 4.00. The molecule has 0 amide bonds. The highest BCUT2D eigenvalue weighted by atomic mass is 16.3. The Hall–Kier alpha value is -1.41. The van der Waals surface area contributed by atoms with E-state index in [1.807, 2.05) is 30.3 Å². The molecule has 1 aromatic rings. The van der Waals surface area contributed by atoms with E-state index >= 15 is 0 Å². The average molecular weight is 244 g/mol. The number of hydrogen-bond donors (Lipinski definition) is 1. The summed E-state index contributed by atoms with van der Waals surface area (Å²) < 4.78 is 0. The van der Waals surface area contributed by atoms with Crippen LogP contribution in [0.1, 0.15) is 31.2 Å². The van der Waals surface area contributed by atoms with Crippen LogP contribution in [0.25, 0.3) is 0 Å². The molecule has 1 N–H and O–H groups in total. The molecule has 96 valence electrons. The Morgan fingerprint density at radius 1 is 1.39 bits per heavy atom. The molecule has 0 saturated heterocycles. The number of aliphatic hydroxyl groups excluding tert-OH is 1. The number of rotatable bonds is 4. The second kappa shape index (κ2) is 5.49. The lowest BCUT2D eigenvalue weighted by atomic mass is 9.68. The van der Waals surface area contributed by atoms with Crippen molar-refractivity contribution in [3.8, 4) is 0 Å². The van der Waals surface area contributed by atoms with E-state index in [1.54, 1.807) is 6.08 Å². The maximum absolute atomic E-state index is 12.5. The van der Waals surface area contributed by atoms with Crippen molar-refractivity contribution in [3.63, 3.8) is 0 Å². The fourth-order valence-corrected chi connectivity index (χ4v) is 2.80. The third-order valence-electron chi connectivity index (χ3n) is 4.00. The van der Waals surface area contributed by atoms with Crippen LogP contribution in [-0.4, -0.2) is 17.0 Å². The molecule has 1 aromatic carbocycles. The lowest BCUT2D eigenvalue weighted by Crippen LogP contribution is -2.44. The maximum atomic E-state index is 12.5. The predicted octanol–water partition coefficient (Wildman–Crippen LogP) is 2.91. The molecule has 0 aliphatic heterocycles. The van der Waals surface area contributed by atoms with Gasteiger partial charge in [-0.3, -0.25) is 4.79 Å². The molecule has 1 fully saturated rings. The summed E-state index contributed by atoms with van der Waals surface area (Å²) in [6.45, 7) is 3.79. The van der Waals surface area contributed by atoms with E-state index in [1.165, 1.54) is 0 Å². The Morgan fingerprint density at radius 3 is 2.72 bits per heavy atom. The summed E-state index contributed by atoms with van der Waals surface area (Å²) in [7, 11) is 0. The van der Waals surface area contributed by atoms with E-state index in [2.05, 4.69) is 6.58 Å². The lowest BCUT2D eigenvalue weighted by Gasteiger charge is -2.37. The summed E-state index contributed by atoms with van der Waals surface area (Å²) in [4.78, 5) is 12.5. The molecule has 0 spiro atoms. The van der Waals surface area contributed by atoms with Crippen molar-refractivity contribution in [2.24, 2.45) is 5.41 Å².